The number of carboxylic acid groups (broad SMARTS) is 1. The molecular formula is C16H16N2O4S. The van der Waals surface area contributed by atoms with E-state index in [0.29, 0.717) is 23.0 Å². The second-order valence-corrected chi connectivity index (χ2v) is 6.31. The molecule has 1 unspecified atom stereocenters. The van der Waals surface area contributed by atoms with Gasteiger partial charge in [-0.2, -0.15) is 0 Å². The Morgan fingerprint density at radius 1 is 1.35 bits per heavy atom. The molecule has 1 saturated heterocycles. The van der Waals surface area contributed by atoms with E-state index >= 15 is 0 Å². The summed E-state index contributed by atoms with van der Waals surface area (Å²) in [6.45, 7) is 2.31. The van der Waals surface area contributed by atoms with Gasteiger partial charge in [0.2, 0.25) is 0 Å². The Bertz CT molecular complexity index is 733. The van der Waals surface area contributed by atoms with Crippen LogP contribution in [-0.2, 0) is 9.53 Å². The van der Waals surface area contributed by atoms with Gasteiger partial charge in [-0.15, -0.1) is 11.3 Å². The summed E-state index contributed by atoms with van der Waals surface area (Å²) >= 11 is 1.14. The Hall–Kier alpha value is -2.25. The number of aromatic nitrogens is 1. The van der Waals surface area contributed by atoms with Crippen molar-refractivity contribution >= 4 is 28.9 Å². The Balaban J connectivity index is 1.73. The summed E-state index contributed by atoms with van der Waals surface area (Å²) in [6, 6.07) is 7.18. The smallest absolute Gasteiger partial charge is 0.347 e. The third-order valence-electron chi connectivity index (χ3n) is 3.61. The summed E-state index contributed by atoms with van der Waals surface area (Å²) in [5.41, 5.74) is 2.01. The van der Waals surface area contributed by atoms with E-state index in [2.05, 4.69) is 10.3 Å². The molecule has 2 N–H and O–H groups in total. The number of benzene rings is 1. The van der Waals surface area contributed by atoms with Crippen LogP contribution in [0.3, 0.4) is 0 Å². The average molecular weight is 332 g/mol. The van der Waals surface area contributed by atoms with Crippen LogP contribution in [0.25, 0.3) is 10.6 Å². The number of aromatic carboxylic acids is 1. The lowest BCUT2D eigenvalue weighted by atomic mass is 10.2. The van der Waals surface area contributed by atoms with E-state index in [0.717, 1.165) is 29.7 Å². The number of carbonyl (C=O) groups excluding carboxylic acids is 1. The van der Waals surface area contributed by atoms with E-state index in [1.54, 1.807) is 19.1 Å². The van der Waals surface area contributed by atoms with Gasteiger partial charge in [-0.3, -0.25) is 4.79 Å². The predicted octanol–water partition coefficient (Wildman–Crippen LogP) is 2.93. The first kappa shape index (κ1) is 15.6. The highest BCUT2D eigenvalue weighted by Crippen LogP contribution is 2.29. The number of hydrogen-bond acceptors (Lipinski definition) is 5. The van der Waals surface area contributed by atoms with Crippen molar-refractivity contribution in [1.29, 1.82) is 0 Å². The van der Waals surface area contributed by atoms with Gasteiger partial charge < -0.3 is 15.2 Å². The summed E-state index contributed by atoms with van der Waals surface area (Å²) in [7, 11) is 0. The molecule has 3 rings (SSSR count). The van der Waals surface area contributed by atoms with Crippen molar-refractivity contribution in [3.05, 3.63) is 34.8 Å². The molecule has 2 aromatic rings. The molecule has 1 atom stereocenters. The van der Waals surface area contributed by atoms with Crippen molar-refractivity contribution in [3.8, 4) is 10.6 Å². The number of nitrogens with one attached hydrogen (secondary N) is 1. The number of aryl methyl sites for hydroxylation is 1. The summed E-state index contributed by atoms with van der Waals surface area (Å²) < 4.78 is 5.34. The molecule has 1 aliphatic heterocycles. The fourth-order valence-electron chi connectivity index (χ4n) is 2.42. The Morgan fingerprint density at radius 3 is 2.65 bits per heavy atom. The van der Waals surface area contributed by atoms with Crippen molar-refractivity contribution in [3.63, 3.8) is 0 Å². The molecule has 6 nitrogen and oxygen atoms in total. The first-order valence-corrected chi connectivity index (χ1v) is 8.10. The molecule has 0 bridgehead atoms. The number of ether oxygens (including phenoxy) is 1. The van der Waals surface area contributed by atoms with Gasteiger partial charge in [-0.25, -0.2) is 9.78 Å². The van der Waals surface area contributed by atoms with Gasteiger partial charge in [0.25, 0.3) is 5.91 Å². The van der Waals surface area contributed by atoms with Gasteiger partial charge in [0.05, 0.1) is 5.69 Å². The lowest BCUT2D eigenvalue weighted by Crippen LogP contribution is -2.26. The lowest BCUT2D eigenvalue weighted by molar-refractivity contribution is -0.124. The van der Waals surface area contributed by atoms with Crippen molar-refractivity contribution < 1.29 is 19.4 Å². The molecule has 0 aliphatic carbocycles. The van der Waals surface area contributed by atoms with Crippen LogP contribution >= 0.6 is 11.3 Å². The monoisotopic (exact) mass is 332 g/mol. The number of amides is 1. The Labute approximate surface area is 137 Å². The third-order valence-corrected chi connectivity index (χ3v) is 4.81. The second kappa shape index (κ2) is 6.47. The fraction of sp³-hybridized carbons (Fsp3) is 0.312. The number of thiazole rings is 1. The van der Waals surface area contributed by atoms with Crippen LogP contribution in [0.1, 0.15) is 28.2 Å². The van der Waals surface area contributed by atoms with Gasteiger partial charge in [-0.05, 0) is 44.0 Å². The van der Waals surface area contributed by atoms with Gasteiger partial charge in [-0.1, -0.05) is 0 Å². The Kier molecular flexibility index (Phi) is 4.40. The summed E-state index contributed by atoms with van der Waals surface area (Å²) in [4.78, 5) is 27.6. The molecule has 1 amide bonds. The number of nitrogens with zero attached hydrogens (tertiary/aromatic N) is 1. The number of rotatable bonds is 4. The molecule has 1 aromatic carbocycles. The molecule has 0 radical (unpaired) electrons. The third kappa shape index (κ3) is 3.40. The SMILES string of the molecule is Cc1nc(-c2ccc(NC(=O)C3CCCO3)cc2)sc1C(=O)O. The van der Waals surface area contributed by atoms with Crippen LogP contribution in [0.2, 0.25) is 0 Å². The second-order valence-electron chi connectivity index (χ2n) is 5.31. The standard InChI is InChI=1S/C16H16N2O4S/c1-9-13(16(20)21)23-15(17-9)10-4-6-11(7-5-10)18-14(19)12-3-2-8-22-12/h4-7,12H,2-3,8H2,1H3,(H,18,19)(H,20,21). The largest absolute Gasteiger partial charge is 0.477 e. The fourth-order valence-corrected chi connectivity index (χ4v) is 3.33. The zero-order valence-electron chi connectivity index (χ0n) is 12.5. The van der Waals surface area contributed by atoms with Crippen LogP contribution in [0.5, 0.6) is 0 Å². The van der Waals surface area contributed by atoms with Crippen molar-refractivity contribution in [2.75, 3.05) is 11.9 Å². The van der Waals surface area contributed by atoms with E-state index in [9.17, 15) is 9.59 Å². The minimum Gasteiger partial charge on any atom is -0.477 e. The maximum atomic E-state index is 12.0. The molecule has 23 heavy (non-hydrogen) atoms. The molecule has 1 aliphatic rings. The zero-order valence-corrected chi connectivity index (χ0v) is 13.4. The number of carbonyl (C=O) groups is 2. The van der Waals surface area contributed by atoms with Crippen molar-refractivity contribution in [2.24, 2.45) is 0 Å². The molecule has 0 spiro atoms. The van der Waals surface area contributed by atoms with Gasteiger partial charge in [0.1, 0.15) is 16.0 Å². The Morgan fingerprint density at radius 2 is 2.09 bits per heavy atom. The zero-order chi connectivity index (χ0) is 16.4. The normalized spacial score (nSPS) is 17.2. The minimum atomic E-state index is -0.966. The number of carboxylic acids is 1. The van der Waals surface area contributed by atoms with Crippen LogP contribution in [0.4, 0.5) is 5.69 Å². The maximum Gasteiger partial charge on any atom is 0.347 e. The molecule has 1 aromatic heterocycles. The molecule has 0 saturated carbocycles. The van der Waals surface area contributed by atoms with E-state index in [1.807, 2.05) is 12.1 Å². The number of anilines is 1. The number of hydrogen-bond donors (Lipinski definition) is 2. The van der Waals surface area contributed by atoms with Crippen LogP contribution in [0.15, 0.2) is 24.3 Å². The highest BCUT2D eigenvalue weighted by atomic mass is 32.1. The molecule has 1 fully saturated rings. The predicted molar refractivity (Wildman–Crippen MR) is 86.9 cm³/mol. The van der Waals surface area contributed by atoms with Crippen molar-refractivity contribution in [2.45, 2.75) is 25.9 Å². The van der Waals surface area contributed by atoms with Gasteiger partial charge in [0.15, 0.2) is 0 Å². The highest BCUT2D eigenvalue weighted by molar-refractivity contribution is 7.17. The first-order valence-electron chi connectivity index (χ1n) is 7.28. The van der Waals surface area contributed by atoms with Crippen LogP contribution in [0, 0.1) is 6.92 Å². The van der Waals surface area contributed by atoms with Crippen molar-refractivity contribution in [1.82, 2.24) is 4.98 Å². The summed E-state index contributed by atoms with van der Waals surface area (Å²) in [5.74, 6) is -1.10. The molecule has 2 heterocycles. The van der Waals surface area contributed by atoms with Gasteiger partial charge >= 0.3 is 5.97 Å². The maximum absolute atomic E-state index is 12.0. The molecular weight excluding hydrogens is 316 g/mol. The quantitative estimate of drug-likeness (QED) is 0.898. The van der Waals surface area contributed by atoms with E-state index in [1.165, 1.54) is 0 Å². The molecule has 7 heteroatoms. The average Bonchev–Trinajstić information content (AvgIpc) is 3.17. The minimum absolute atomic E-state index is 0.131. The summed E-state index contributed by atoms with van der Waals surface area (Å²) in [5, 5.41) is 12.6. The highest BCUT2D eigenvalue weighted by Gasteiger charge is 2.23. The van der Waals surface area contributed by atoms with Gasteiger partial charge in [0, 0.05) is 17.9 Å². The topological polar surface area (TPSA) is 88.5 Å². The van der Waals surface area contributed by atoms with E-state index in [-0.39, 0.29) is 16.9 Å². The van der Waals surface area contributed by atoms with E-state index < -0.39 is 5.97 Å². The first-order chi connectivity index (χ1) is 11.0. The van der Waals surface area contributed by atoms with E-state index in [4.69, 9.17) is 9.84 Å². The van der Waals surface area contributed by atoms with Crippen LogP contribution in [-0.4, -0.2) is 34.7 Å². The summed E-state index contributed by atoms with van der Waals surface area (Å²) in [6.07, 6.45) is 1.29. The lowest BCUT2D eigenvalue weighted by Gasteiger charge is -2.10. The van der Waals surface area contributed by atoms with Crippen LogP contribution < -0.4 is 5.32 Å². The molecule has 120 valence electrons.